The number of sulfone groups is 1. The van der Waals surface area contributed by atoms with Crippen molar-refractivity contribution in [2.45, 2.75) is 42.5 Å². The van der Waals surface area contributed by atoms with E-state index in [-0.39, 0.29) is 38.0 Å². The minimum absolute atomic E-state index is 0.0336. The van der Waals surface area contributed by atoms with Gasteiger partial charge in [-0.1, -0.05) is 23.2 Å². The standard InChI is InChI=1S/C20H20Cl2N4O5S/c1-20(2,28)17-18(32(29,30)15-8-13(21)7-14(22)9-15)26(10-12-3-5-24-6-4-12)16(25-17)11-31-19(23)27/h3-9,28H,10-11H2,1-2H3,(H2,23,27). The minimum Gasteiger partial charge on any atom is -0.442 e. The van der Waals surface area contributed by atoms with Gasteiger partial charge in [-0.15, -0.1) is 0 Å². The van der Waals surface area contributed by atoms with E-state index in [9.17, 15) is 18.3 Å². The molecule has 2 aromatic heterocycles. The summed E-state index contributed by atoms with van der Waals surface area (Å²) in [6, 6.07) is 7.28. The number of rotatable bonds is 7. The molecule has 0 aliphatic carbocycles. The van der Waals surface area contributed by atoms with E-state index in [1.165, 1.54) is 36.6 Å². The van der Waals surface area contributed by atoms with Crippen LogP contribution in [0.1, 0.15) is 30.9 Å². The van der Waals surface area contributed by atoms with Gasteiger partial charge in [-0.05, 0) is 49.7 Å². The Balaban J connectivity index is 2.31. The zero-order chi connectivity index (χ0) is 23.7. The summed E-state index contributed by atoms with van der Waals surface area (Å²) in [7, 11) is -4.28. The fourth-order valence-electron chi connectivity index (χ4n) is 3.03. The molecular formula is C20H20Cl2N4O5S. The van der Waals surface area contributed by atoms with Crippen LogP contribution < -0.4 is 5.73 Å². The van der Waals surface area contributed by atoms with E-state index < -0.39 is 28.1 Å². The number of aliphatic hydroxyl groups is 1. The summed E-state index contributed by atoms with van der Waals surface area (Å²) in [5.41, 5.74) is 3.98. The molecule has 0 radical (unpaired) electrons. The van der Waals surface area contributed by atoms with Gasteiger partial charge >= 0.3 is 6.09 Å². The second kappa shape index (κ2) is 9.07. The van der Waals surface area contributed by atoms with Gasteiger partial charge in [0.15, 0.2) is 11.6 Å². The second-order valence-electron chi connectivity index (χ2n) is 7.40. The van der Waals surface area contributed by atoms with E-state index in [1.54, 1.807) is 24.5 Å². The molecule has 0 unspecified atom stereocenters. The third kappa shape index (κ3) is 5.21. The van der Waals surface area contributed by atoms with Crippen molar-refractivity contribution in [3.63, 3.8) is 0 Å². The average molecular weight is 499 g/mol. The van der Waals surface area contributed by atoms with Crippen LogP contribution in [-0.2, 0) is 33.3 Å². The SMILES string of the molecule is CC(C)(O)c1nc(COC(N)=O)n(Cc2ccncc2)c1S(=O)(=O)c1cc(Cl)cc(Cl)c1. The topological polar surface area (TPSA) is 137 Å². The molecule has 1 amide bonds. The van der Waals surface area contributed by atoms with E-state index in [2.05, 4.69) is 9.97 Å². The predicted octanol–water partition coefficient (Wildman–Crippen LogP) is 3.29. The number of primary amides is 1. The smallest absolute Gasteiger partial charge is 0.404 e. The fourth-order valence-corrected chi connectivity index (χ4v) is 5.48. The molecule has 0 saturated carbocycles. The highest BCUT2D eigenvalue weighted by molar-refractivity contribution is 7.91. The number of amides is 1. The van der Waals surface area contributed by atoms with Gasteiger partial charge in [0.25, 0.3) is 0 Å². The highest BCUT2D eigenvalue weighted by Crippen LogP contribution is 2.34. The number of ether oxygens (including phenoxy) is 1. The molecule has 170 valence electrons. The van der Waals surface area contributed by atoms with E-state index in [0.29, 0.717) is 5.56 Å². The third-order valence-electron chi connectivity index (χ3n) is 4.41. The van der Waals surface area contributed by atoms with Crippen molar-refractivity contribution in [1.82, 2.24) is 14.5 Å². The lowest BCUT2D eigenvalue weighted by molar-refractivity contribution is 0.0704. The maximum atomic E-state index is 13.7. The van der Waals surface area contributed by atoms with Crippen LogP contribution in [0.3, 0.4) is 0 Å². The number of carbonyl (C=O) groups excluding carboxylic acids is 1. The number of benzene rings is 1. The fraction of sp³-hybridized carbons (Fsp3) is 0.250. The first-order valence-electron chi connectivity index (χ1n) is 9.24. The lowest BCUT2D eigenvalue weighted by Crippen LogP contribution is -2.22. The molecule has 3 rings (SSSR count). The van der Waals surface area contributed by atoms with Crippen molar-refractivity contribution in [1.29, 1.82) is 0 Å². The summed E-state index contributed by atoms with van der Waals surface area (Å²) < 4.78 is 33.7. The van der Waals surface area contributed by atoms with Gasteiger partial charge in [0.1, 0.15) is 17.1 Å². The van der Waals surface area contributed by atoms with Gasteiger partial charge < -0.3 is 20.1 Å². The van der Waals surface area contributed by atoms with Crippen LogP contribution in [0.15, 0.2) is 52.6 Å². The number of halogens is 2. The Morgan fingerprint density at radius 3 is 2.31 bits per heavy atom. The molecule has 1 aromatic carbocycles. The average Bonchev–Trinajstić information content (AvgIpc) is 3.06. The molecule has 0 bridgehead atoms. The molecule has 12 heteroatoms. The Morgan fingerprint density at radius 2 is 1.78 bits per heavy atom. The molecule has 3 N–H and O–H groups in total. The van der Waals surface area contributed by atoms with Crippen LogP contribution in [0.4, 0.5) is 4.79 Å². The molecule has 0 aliphatic heterocycles. The Labute approximate surface area is 194 Å². The predicted molar refractivity (Wildman–Crippen MR) is 117 cm³/mol. The number of hydrogen-bond donors (Lipinski definition) is 2. The van der Waals surface area contributed by atoms with Crippen LogP contribution in [0.5, 0.6) is 0 Å². The minimum atomic E-state index is -4.28. The van der Waals surface area contributed by atoms with Crippen LogP contribution >= 0.6 is 23.2 Å². The van der Waals surface area contributed by atoms with Gasteiger partial charge in [0.2, 0.25) is 9.84 Å². The zero-order valence-corrected chi connectivity index (χ0v) is 19.4. The Bertz CT molecular complexity index is 1230. The highest BCUT2D eigenvalue weighted by Gasteiger charge is 2.36. The molecule has 32 heavy (non-hydrogen) atoms. The van der Waals surface area contributed by atoms with Crippen molar-refractivity contribution < 1.29 is 23.1 Å². The van der Waals surface area contributed by atoms with Crippen molar-refractivity contribution in [3.8, 4) is 0 Å². The largest absolute Gasteiger partial charge is 0.442 e. The highest BCUT2D eigenvalue weighted by atomic mass is 35.5. The van der Waals surface area contributed by atoms with Crippen molar-refractivity contribution in [3.05, 3.63) is 69.9 Å². The molecule has 2 heterocycles. The van der Waals surface area contributed by atoms with Crippen molar-refractivity contribution >= 4 is 39.1 Å². The molecule has 0 aliphatic rings. The van der Waals surface area contributed by atoms with E-state index in [0.717, 1.165) is 0 Å². The maximum absolute atomic E-state index is 13.7. The molecule has 3 aromatic rings. The van der Waals surface area contributed by atoms with Crippen molar-refractivity contribution in [2.75, 3.05) is 0 Å². The number of aromatic nitrogens is 3. The summed E-state index contributed by atoms with van der Waals surface area (Å²) in [6.45, 7) is 2.42. The number of nitrogens with zero attached hydrogens (tertiary/aromatic N) is 3. The first kappa shape index (κ1) is 24.0. The first-order chi connectivity index (χ1) is 14.9. The van der Waals surface area contributed by atoms with Gasteiger partial charge in [-0.25, -0.2) is 18.2 Å². The number of carbonyl (C=O) groups is 1. The summed E-state index contributed by atoms with van der Waals surface area (Å²) in [6.07, 6.45) is 2.04. The summed E-state index contributed by atoms with van der Waals surface area (Å²) in [4.78, 5) is 19.3. The van der Waals surface area contributed by atoms with Crippen LogP contribution in [0.2, 0.25) is 10.0 Å². The number of nitrogens with two attached hydrogens (primary N) is 1. The number of pyridine rings is 1. The van der Waals surface area contributed by atoms with Crippen LogP contribution in [0.25, 0.3) is 0 Å². The van der Waals surface area contributed by atoms with E-state index in [1.807, 2.05) is 0 Å². The van der Waals surface area contributed by atoms with Gasteiger partial charge in [0.05, 0.1) is 11.4 Å². The van der Waals surface area contributed by atoms with Crippen LogP contribution in [-0.4, -0.2) is 34.2 Å². The molecule has 9 nitrogen and oxygen atoms in total. The summed E-state index contributed by atoms with van der Waals surface area (Å²) >= 11 is 12.1. The number of imidazole rings is 1. The van der Waals surface area contributed by atoms with Gasteiger partial charge in [-0.3, -0.25) is 4.98 Å². The van der Waals surface area contributed by atoms with E-state index >= 15 is 0 Å². The van der Waals surface area contributed by atoms with E-state index in [4.69, 9.17) is 33.7 Å². The molecule has 0 spiro atoms. The molecule has 0 saturated heterocycles. The normalized spacial score (nSPS) is 12.0. The maximum Gasteiger partial charge on any atom is 0.404 e. The van der Waals surface area contributed by atoms with Gasteiger partial charge in [0, 0.05) is 22.4 Å². The Kier molecular flexibility index (Phi) is 6.80. The monoisotopic (exact) mass is 498 g/mol. The quantitative estimate of drug-likeness (QED) is 0.509. The van der Waals surface area contributed by atoms with Crippen LogP contribution in [0, 0.1) is 0 Å². The zero-order valence-electron chi connectivity index (χ0n) is 17.1. The lowest BCUT2D eigenvalue weighted by Gasteiger charge is -2.19. The van der Waals surface area contributed by atoms with Crippen molar-refractivity contribution in [2.24, 2.45) is 5.73 Å². The Morgan fingerprint density at radius 1 is 1.19 bits per heavy atom. The first-order valence-corrected chi connectivity index (χ1v) is 11.5. The summed E-state index contributed by atoms with van der Waals surface area (Å²) in [5.74, 6) is 0.0736. The third-order valence-corrected chi connectivity index (χ3v) is 6.63. The lowest BCUT2D eigenvalue weighted by atomic mass is 10.1. The molecular weight excluding hydrogens is 479 g/mol. The summed E-state index contributed by atoms with van der Waals surface area (Å²) in [5, 5.41) is 10.7. The van der Waals surface area contributed by atoms with Gasteiger partial charge in [-0.2, -0.15) is 0 Å². The molecule has 0 atom stereocenters. The second-order valence-corrected chi connectivity index (χ2v) is 10.1. The molecule has 0 fully saturated rings. The Hall–Kier alpha value is -2.66. The number of hydrogen-bond acceptors (Lipinski definition) is 7.